The quantitative estimate of drug-likeness (QED) is 0.0948. The Bertz CT molecular complexity index is 2090. The molecule has 0 spiro atoms. The van der Waals surface area contributed by atoms with Crippen LogP contribution in [0.2, 0.25) is 0 Å². The summed E-state index contributed by atoms with van der Waals surface area (Å²) in [6.07, 6.45) is 30.9. The molecule has 0 nitrogen and oxygen atoms in total. The summed E-state index contributed by atoms with van der Waals surface area (Å²) in [5.74, 6) is 0. The molecular weight excluding hydrogens is 935 g/mol. The number of rotatable bonds is 10. The first-order chi connectivity index (χ1) is 30.2. The van der Waals surface area contributed by atoms with Gasteiger partial charge in [0.15, 0.2) is 0 Å². The van der Waals surface area contributed by atoms with Crippen LogP contribution in [0, 0.1) is 53.4 Å². The molecule has 6 aromatic rings. The van der Waals surface area contributed by atoms with Crippen molar-refractivity contribution in [2.45, 2.75) is 183 Å². The summed E-state index contributed by atoms with van der Waals surface area (Å²) in [4.78, 5) is 0. The molecule has 0 bridgehead atoms. The summed E-state index contributed by atoms with van der Waals surface area (Å²) in [6, 6.07) is 37.6. The van der Waals surface area contributed by atoms with E-state index in [-0.39, 0.29) is 39.7 Å². The number of aryl methyl sites for hydroxylation is 4. The normalized spacial score (nSPS) is 15.9. The second kappa shape index (κ2) is 29.7. The Hall–Kier alpha value is -2.22. The molecule has 66 heavy (non-hydrogen) atoms. The van der Waals surface area contributed by atoms with Gasteiger partial charge in [-0.05, 0) is 101 Å². The van der Waals surface area contributed by atoms with Crippen molar-refractivity contribution in [1.82, 2.24) is 0 Å². The van der Waals surface area contributed by atoms with Gasteiger partial charge in [-0.25, -0.2) is 0 Å². The zero-order valence-corrected chi connectivity index (χ0v) is 47.7. The summed E-state index contributed by atoms with van der Waals surface area (Å²) in [7, 11) is 0. The van der Waals surface area contributed by atoms with E-state index in [9.17, 15) is 0 Å². The summed E-state index contributed by atoms with van der Waals surface area (Å²) in [5.41, 5.74) is 15.1. The molecule has 2 fully saturated rings. The van der Waals surface area contributed by atoms with Crippen LogP contribution in [0.25, 0.3) is 43.8 Å². The van der Waals surface area contributed by atoms with Gasteiger partial charge in [-0.15, -0.1) is 93.9 Å². The number of halogens is 2. The first-order valence-electron chi connectivity index (χ1n) is 25.0. The van der Waals surface area contributed by atoms with Crippen molar-refractivity contribution < 1.29 is 23.3 Å². The summed E-state index contributed by atoms with van der Waals surface area (Å²) in [5, 5.41) is 5.70. The molecule has 2 saturated carbocycles. The van der Waals surface area contributed by atoms with Crippen LogP contribution in [-0.4, -0.2) is 6.88 Å². The van der Waals surface area contributed by atoms with Gasteiger partial charge in [0, 0.05) is 0 Å². The van der Waals surface area contributed by atoms with Crippen molar-refractivity contribution in [3.05, 3.63) is 145 Å². The molecule has 0 N–H and O–H groups in total. The molecule has 0 heterocycles. The SMILES string of the molecule is CCCC1(Cc2cc3c(-c4cc(C)cc(C)c4)cccc3[cH-]2)CCCCCCCC1.CCCC1(Cc2cc3c(-c4cc(C)cc(C)c4)cccc3[cH-]2)CCCCCCCC1.Cl.Cl.[CH3-].[CH3-].[Si]=[Zr]. The summed E-state index contributed by atoms with van der Waals surface area (Å²) >= 11 is 1.36. The molecular formula is C62H86Cl2SiZr-4. The summed E-state index contributed by atoms with van der Waals surface area (Å²) in [6.45, 7) is 16.7. The van der Waals surface area contributed by atoms with Gasteiger partial charge < -0.3 is 14.9 Å². The van der Waals surface area contributed by atoms with Crippen molar-refractivity contribution in [3.63, 3.8) is 0 Å². The Labute approximate surface area is 434 Å². The van der Waals surface area contributed by atoms with Crippen LogP contribution in [-0.2, 0) is 36.2 Å². The fourth-order valence-electron chi connectivity index (χ4n) is 12.2. The predicted octanol–water partition coefficient (Wildman–Crippen LogP) is 20.0. The van der Waals surface area contributed by atoms with Crippen LogP contribution in [0.5, 0.6) is 0 Å². The molecule has 4 heteroatoms. The maximum absolute atomic E-state index is 3.06. The zero-order chi connectivity index (χ0) is 44.0. The monoisotopic (exact) mass is 1020 g/mol. The number of hydrogen-bond donors (Lipinski definition) is 0. The third kappa shape index (κ3) is 16.5. The maximum atomic E-state index is 3.06. The van der Waals surface area contributed by atoms with Crippen molar-refractivity contribution in [3.8, 4) is 22.3 Å². The van der Waals surface area contributed by atoms with E-state index < -0.39 is 0 Å². The van der Waals surface area contributed by atoms with E-state index in [0.717, 1.165) is 0 Å². The van der Waals surface area contributed by atoms with E-state index >= 15 is 0 Å². The van der Waals surface area contributed by atoms with Gasteiger partial charge in [0.2, 0.25) is 0 Å². The first kappa shape index (κ1) is 59.9. The van der Waals surface area contributed by atoms with Crippen molar-refractivity contribution >= 4 is 53.2 Å². The van der Waals surface area contributed by atoms with E-state index in [2.05, 4.69) is 145 Å². The van der Waals surface area contributed by atoms with Gasteiger partial charge in [-0.2, -0.15) is 12.1 Å². The zero-order valence-electron chi connectivity index (χ0n) is 42.6. The molecule has 0 aromatic heterocycles. The van der Waals surface area contributed by atoms with Gasteiger partial charge in [0.1, 0.15) is 0 Å². The van der Waals surface area contributed by atoms with Crippen LogP contribution in [0.4, 0.5) is 0 Å². The molecule has 2 radical (unpaired) electrons. The minimum absolute atomic E-state index is 0. The average molecular weight is 1020 g/mol. The number of benzene rings is 4. The van der Waals surface area contributed by atoms with E-state index in [4.69, 9.17) is 0 Å². The van der Waals surface area contributed by atoms with Gasteiger partial charge in [-0.3, -0.25) is 0 Å². The van der Waals surface area contributed by atoms with Gasteiger partial charge >= 0.3 is 30.2 Å². The number of fused-ring (bicyclic) bond motifs is 2. The van der Waals surface area contributed by atoms with E-state index in [1.54, 1.807) is 11.1 Å². The fraction of sp³-hybridized carbons (Fsp3) is 0.484. The molecule has 2 aliphatic rings. The number of hydrogen-bond acceptors (Lipinski definition) is 0. The molecule has 0 atom stereocenters. The Morgan fingerprint density at radius 2 is 0.758 bits per heavy atom. The van der Waals surface area contributed by atoms with Gasteiger partial charge in [0.05, 0.1) is 0 Å². The van der Waals surface area contributed by atoms with Gasteiger partial charge in [-0.1, -0.05) is 186 Å². The van der Waals surface area contributed by atoms with E-state index in [1.807, 2.05) is 0 Å². The molecule has 0 unspecified atom stereocenters. The molecule has 2 aliphatic carbocycles. The average Bonchev–Trinajstić information content (AvgIpc) is 3.90. The van der Waals surface area contributed by atoms with Crippen molar-refractivity contribution in [2.75, 3.05) is 0 Å². The van der Waals surface area contributed by atoms with Crippen LogP contribution in [0.1, 0.15) is 176 Å². The van der Waals surface area contributed by atoms with Crippen LogP contribution in [0.3, 0.4) is 0 Å². The van der Waals surface area contributed by atoms with Crippen molar-refractivity contribution in [2.24, 2.45) is 10.8 Å². The Morgan fingerprint density at radius 1 is 0.455 bits per heavy atom. The Kier molecular flexibility index (Phi) is 27.0. The predicted molar refractivity (Wildman–Crippen MR) is 298 cm³/mol. The van der Waals surface area contributed by atoms with E-state index in [1.165, 1.54) is 231 Å². The summed E-state index contributed by atoms with van der Waals surface area (Å²) < 4.78 is 0. The second-order valence-electron chi connectivity index (χ2n) is 20.2. The Morgan fingerprint density at radius 3 is 1.06 bits per heavy atom. The molecule has 0 saturated heterocycles. The minimum atomic E-state index is 0. The molecule has 6 aromatic carbocycles. The second-order valence-corrected chi connectivity index (χ2v) is 20.2. The third-order valence-electron chi connectivity index (χ3n) is 14.7. The Balaban J connectivity index is 0.000000413. The topological polar surface area (TPSA) is 0 Å². The van der Waals surface area contributed by atoms with Crippen LogP contribution >= 0.6 is 24.8 Å². The molecule has 0 aliphatic heterocycles. The standard InChI is InChI=1S/2C30H39.2CH3.2ClH.Si.Zr/c2*1-4-14-30(15-9-7-5-6-8-10-16-30)22-25-20-26-12-11-13-28(29(26)21-25)27-18-23(2)17-24(3)19-27;;;;;;/h2*11-13,17-21H,4-10,14-16,22H2,1-3H3;2*1H3;2*1H;;/q4*-1;;;;. The van der Waals surface area contributed by atoms with Gasteiger partial charge in [0.25, 0.3) is 0 Å². The first-order valence-corrected chi connectivity index (χ1v) is 29.1. The fourth-order valence-corrected chi connectivity index (χ4v) is 12.2. The molecule has 0 amide bonds. The van der Waals surface area contributed by atoms with E-state index in [0.29, 0.717) is 10.8 Å². The third-order valence-corrected chi connectivity index (χ3v) is 14.7. The van der Waals surface area contributed by atoms with Crippen molar-refractivity contribution in [1.29, 1.82) is 0 Å². The molecule has 360 valence electrons. The molecule has 8 rings (SSSR count). The van der Waals surface area contributed by atoms with Crippen LogP contribution < -0.4 is 0 Å². The van der Waals surface area contributed by atoms with Crippen LogP contribution in [0.15, 0.2) is 97.1 Å².